The maximum Gasteiger partial charge on any atom is 0.257 e. The molecule has 1 aliphatic rings. The van der Waals surface area contributed by atoms with Crippen LogP contribution in [0.15, 0.2) is 43.1 Å². The predicted octanol–water partition coefficient (Wildman–Crippen LogP) is 1.76. The number of carbonyl (C=O) groups excluding carboxylic acids is 1. The molecule has 0 spiro atoms. The first-order valence-corrected chi connectivity index (χ1v) is 8.77. The van der Waals surface area contributed by atoms with Crippen LogP contribution in [-0.4, -0.2) is 56.5 Å². The molecule has 4 rings (SSSR count). The van der Waals surface area contributed by atoms with Crippen molar-refractivity contribution in [3.8, 4) is 0 Å². The number of hydrogen-bond donors (Lipinski definition) is 0. The van der Waals surface area contributed by atoms with E-state index in [1.807, 2.05) is 29.6 Å². The fourth-order valence-electron chi connectivity index (χ4n) is 3.33. The summed E-state index contributed by atoms with van der Waals surface area (Å²) in [6.45, 7) is 4.18. The topological polar surface area (TPSA) is 72.6 Å². The molecule has 7 nitrogen and oxygen atoms in total. The number of fused-ring (bicyclic) bond motifs is 1. The van der Waals surface area contributed by atoms with Crippen molar-refractivity contribution in [1.29, 1.82) is 0 Å². The molecule has 7 heteroatoms. The maximum absolute atomic E-state index is 12.8. The average Bonchev–Trinajstić information content (AvgIpc) is 3.02. The third kappa shape index (κ3) is 3.43. The Morgan fingerprint density at radius 1 is 1.27 bits per heavy atom. The van der Waals surface area contributed by atoms with Crippen molar-refractivity contribution in [2.75, 3.05) is 26.3 Å². The molecule has 0 bridgehead atoms. The van der Waals surface area contributed by atoms with Crippen molar-refractivity contribution >= 4 is 11.4 Å². The zero-order chi connectivity index (χ0) is 17.9. The average molecular weight is 351 g/mol. The van der Waals surface area contributed by atoms with Crippen LogP contribution in [-0.2, 0) is 11.2 Å². The lowest BCUT2D eigenvalue weighted by molar-refractivity contribution is 0.0736. The molecule has 3 aromatic heterocycles. The van der Waals surface area contributed by atoms with Gasteiger partial charge in [-0.2, -0.15) is 0 Å². The van der Waals surface area contributed by atoms with Crippen LogP contribution in [0.3, 0.4) is 0 Å². The lowest BCUT2D eigenvalue weighted by Gasteiger charge is -2.23. The second-order valence-corrected chi connectivity index (χ2v) is 6.59. The number of rotatable bonds is 3. The maximum atomic E-state index is 12.8. The number of amides is 1. The van der Waals surface area contributed by atoms with Gasteiger partial charge in [-0.3, -0.25) is 9.78 Å². The Morgan fingerprint density at radius 2 is 2.12 bits per heavy atom. The highest BCUT2D eigenvalue weighted by molar-refractivity contribution is 5.93. The summed E-state index contributed by atoms with van der Waals surface area (Å²) in [5.74, 6) is 0.806. The van der Waals surface area contributed by atoms with E-state index in [0.29, 0.717) is 37.7 Å². The van der Waals surface area contributed by atoms with Gasteiger partial charge in [-0.05, 0) is 25.5 Å². The van der Waals surface area contributed by atoms with Gasteiger partial charge in [-0.25, -0.2) is 9.97 Å². The van der Waals surface area contributed by atoms with Gasteiger partial charge in [0.05, 0.1) is 30.0 Å². The first-order chi connectivity index (χ1) is 12.7. The van der Waals surface area contributed by atoms with E-state index < -0.39 is 0 Å². The van der Waals surface area contributed by atoms with Crippen molar-refractivity contribution in [3.63, 3.8) is 0 Å². The summed E-state index contributed by atoms with van der Waals surface area (Å²) in [4.78, 5) is 27.4. The van der Waals surface area contributed by atoms with E-state index in [9.17, 15) is 4.79 Å². The zero-order valence-electron chi connectivity index (χ0n) is 14.7. The van der Waals surface area contributed by atoms with Crippen LogP contribution >= 0.6 is 0 Å². The van der Waals surface area contributed by atoms with Crippen molar-refractivity contribution in [2.24, 2.45) is 5.92 Å². The number of carbonyl (C=O) groups is 1. The van der Waals surface area contributed by atoms with Gasteiger partial charge in [0.25, 0.3) is 5.91 Å². The molecule has 1 aliphatic heterocycles. The van der Waals surface area contributed by atoms with Crippen LogP contribution in [0.4, 0.5) is 0 Å². The van der Waals surface area contributed by atoms with E-state index >= 15 is 0 Å². The number of nitrogens with zero attached hydrogens (tertiary/aromatic N) is 5. The summed E-state index contributed by atoms with van der Waals surface area (Å²) in [7, 11) is 0. The van der Waals surface area contributed by atoms with E-state index in [-0.39, 0.29) is 11.8 Å². The number of aryl methyl sites for hydroxylation is 1. The lowest BCUT2D eigenvalue weighted by atomic mass is 10.0. The summed E-state index contributed by atoms with van der Waals surface area (Å²) < 4.78 is 7.81. The molecule has 0 radical (unpaired) electrons. The summed E-state index contributed by atoms with van der Waals surface area (Å²) >= 11 is 0. The minimum Gasteiger partial charge on any atom is -0.379 e. The monoisotopic (exact) mass is 351 g/mol. The Bertz CT molecular complexity index is 906. The van der Waals surface area contributed by atoms with E-state index in [2.05, 4.69) is 25.4 Å². The molecule has 3 aromatic rings. The molecule has 0 saturated carbocycles. The first-order valence-electron chi connectivity index (χ1n) is 8.77. The molecule has 1 saturated heterocycles. The number of ether oxygens (including phenoxy) is 1. The molecule has 1 unspecified atom stereocenters. The Labute approximate surface area is 151 Å². The molecule has 26 heavy (non-hydrogen) atoms. The second kappa shape index (κ2) is 7.21. The van der Waals surface area contributed by atoms with Crippen LogP contribution in [0.5, 0.6) is 0 Å². The van der Waals surface area contributed by atoms with Crippen molar-refractivity contribution in [3.05, 3.63) is 60.2 Å². The smallest absolute Gasteiger partial charge is 0.257 e. The Morgan fingerprint density at radius 3 is 2.96 bits per heavy atom. The van der Waals surface area contributed by atoms with Gasteiger partial charge < -0.3 is 14.0 Å². The summed E-state index contributed by atoms with van der Waals surface area (Å²) in [6.07, 6.45) is 9.71. The van der Waals surface area contributed by atoms with Crippen LogP contribution in [0.25, 0.3) is 5.52 Å². The van der Waals surface area contributed by atoms with Gasteiger partial charge in [0.2, 0.25) is 0 Å². The van der Waals surface area contributed by atoms with Crippen molar-refractivity contribution in [2.45, 2.75) is 13.3 Å². The standard InChI is InChI=1S/C19H21N5O2/c1-14-21-10-16(11-22-14)19(25)24-7-8-26-13-15(12-24)9-17-18-3-2-5-23(18)6-4-20-17/h2-6,10-11,15H,7-9,12-13H2,1H3. The summed E-state index contributed by atoms with van der Waals surface area (Å²) in [6, 6.07) is 4.07. The highest BCUT2D eigenvalue weighted by atomic mass is 16.5. The molecule has 1 amide bonds. The van der Waals surface area contributed by atoms with Crippen LogP contribution in [0.2, 0.25) is 0 Å². The molecular formula is C19H21N5O2. The van der Waals surface area contributed by atoms with Gasteiger partial charge in [-0.15, -0.1) is 0 Å². The molecule has 0 N–H and O–H groups in total. The van der Waals surface area contributed by atoms with Gasteiger partial charge in [-0.1, -0.05) is 0 Å². The van der Waals surface area contributed by atoms with E-state index in [1.165, 1.54) is 0 Å². The van der Waals surface area contributed by atoms with Crippen LogP contribution < -0.4 is 0 Å². The zero-order valence-corrected chi connectivity index (χ0v) is 14.7. The number of aromatic nitrogens is 4. The highest BCUT2D eigenvalue weighted by Gasteiger charge is 2.25. The fraction of sp³-hybridized carbons (Fsp3) is 0.368. The van der Waals surface area contributed by atoms with Gasteiger partial charge in [0.15, 0.2) is 0 Å². The second-order valence-electron chi connectivity index (χ2n) is 6.59. The molecular weight excluding hydrogens is 330 g/mol. The number of hydrogen-bond acceptors (Lipinski definition) is 5. The lowest BCUT2D eigenvalue weighted by Crippen LogP contribution is -2.36. The molecule has 1 atom stereocenters. The third-order valence-corrected chi connectivity index (χ3v) is 4.67. The highest BCUT2D eigenvalue weighted by Crippen LogP contribution is 2.18. The molecule has 4 heterocycles. The predicted molar refractivity (Wildman–Crippen MR) is 95.9 cm³/mol. The van der Waals surface area contributed by atoms with Gasteiger partial charge in [0, 0.05) is 50.0 Å². The SMILES string of the molecule is Cc1ncc(C(=O)N2CCOCC(Cc3nccn4cccc34)C2)cn1. The first kappa shape index (κ1) is 16.7. The minimum absolute atomic E-state index is 0.0469. The molecule has 134 valence electrons. The summed E-state index contributed by atoms with van der Waals surface area (Å²) in [5.41, 5.74) is 2.64. The van der Waals surface area contributed by atoms with Crippen molar-refractivity contribution in [1.82, 2.24) is 24.3 Å². The largest absolute Gasteiger partial charge is 0.379 e. The van der Waals surface area contributed by atoms with E-state index in [1.54, 1.807) is 19.3 Å². The Balaban J connectivity index is 1.51. The van der Waals surface area contributed by atoms with Crippen LogP contribution in [0, 0.1) is 12.8 Å². The van der Waals surface area contributed by atoms with Crippen LogP contribution in [0.1, 0.15) is 21.9 Å². The van der Waals surface area contributed by atoms with Gasteiger partial charge in [0.1, 0.15) is 5.82 Å². The minimum atomic E-state index is -0.0469. The third-order valence-electron chi connectivity index (χ3n) is 4.67. The quantitative estimate of drug-likeness (QED) is 0.719. The van der Waals surface area contributed by atoms with E-state index in [0.717, 1.165) is 17.6 Å². The Hall–Kier alpha value is -2.80. The van der Waals surface area contributed by atoms with Gasteiger partial charge >= 0.3 is 0 Å². The van der Waals surface area contributed by atoms with Crippen molar-refractivity contribution < 1.29 is 9.53 Å². The Kier molecular flexibility index (Phi) is 4.62. The summed E-state index contributed by atoms with van der Waals surface area (Å²) in [5, 5.41) is 0. The fourth-order valence-corrected chi connectivity index (χ4v) is 3.33. The normalized spacial score (nSPS) is 18.0. The van der Waals surface area contributed by atoms with E-state index in [4.69, 9.17) is 4.74 Å². The molecule has 1 fully saturated rings. The molecule has 0 aliphatic carbocycles. The molecule has 0 aromatic carbocycles.